The lowest BCUT2D eigenvalue weighted by Gasteiger charge is -2.26. The second-order valence-corrected chi connectivity index (χ2v) is 6.76. The van der Waals surface area contributed by atoms with E-state index in [-0.39, 0.29) is 11.8 Å². The fourth-order valence-corrected chi connectivity index (χ4v) is 3.15. The Labute approximate surface area is 155 Å². The van der Waals surface area contributed by atoms with Gasteiger partial charge in [0.05, 0.1) is 10.7 Å². The SMILES string of the molecule is CC1CC(NC(=O)Nc2ccccc2Cl)N(c2ccc(Cl)cc2)C1=O. The number of carbonyl (C=O) groups is 2. The highest BCUT2D eigenvalue weighted by Crippen LogP contribution is 2.30. The van der Waals surface area contributed by atoms with E-state index in [1.54, 1.807) is 53.4 Å². The van der Waals surface area contributed by atoms with Crippen LogP contribution in [0.1, 0.15) is 13.3 Å². The lowest BCUT2D eigenvalue weighted by molar-refractivity contribution is -0.120. The number of nitrogens with zero attached hydrogens (tertiary/aromatic N) is 1. The Kier molecular flexibility index (Phi) is 5.16. The third-order valence-electron chi connectivity index (χ3n) is 4.07. The van der Waals surface area contributed by atoms with Gasteiger partial charge in [-0.15, -0.1) is 0 Å². The van der Waals surface area contributed by atoms with Gasteiger partial charge in [-0.2, -0.15) is 0 Å². The molecule has 0 aromatic heterocycles. The zero-order valence-electron chi connectivity index (χ0n) is 13.5. The molecule has 3 rings (SSSR count). The van der Waals surface area contributed by atoms with Gasteiger partial charge in [-0.3, -0.25) is 9.69 Å². The largest absolute Gasteiger partial charge is 0.320 e. The van der Waals surface area contributed by atoms with Crippen LogP contribution in [0.5, 0.6) is 0 Å². The number of rotatable bonds is 3. The Bertz CT molecular complexity index is 795. The zero-order chi connectivity index (χ0) is 18.0. The number of hydrogen-bond donors (Lipinski definition) is 2. The zero-order valence-corrected chi connectivity index (χ0v) is 15.0. The van der Waals surface area contributed by atoms with Gasteiger partial charge in [-0.1, -0.05) is 42.3 Å². The molecule has 2 N–H and O–H groups in total. The van der Waals surface area contributed by atoms with Gasteiger partial charge in [0.15, 0.2) is 0 Å². The van der Waals surface area contributed by atoms with E-state index in [0.717, 1.165) is 0 Å². The summed E-state index contributed by atoms with van der Waals surface area (Å²) < 4.78 is 0. The molecule has 1 saturated heterocycles. The lowest BCUT2D eigenvalue weighted by Crippen LogP contribution is -2.47. The summed E-state index contributed by atoms with van der Waals surface area (Å²) >= 11 is 12.0. The van der Waals surface area contributed by atoms with E-state index < -0.39 is 12.2 Å². The van der Waals surface area contributed by atoms with Crippen molar-refractivity contribution >= 4 is 46.5 Å². The molecular formula is C18H17Cl2N3O2. The Morgan fingerprint density at radius 1 is 1.12 bits per heavy atom. The average molecular weight is 378 g/mol. The quantitative estimate of drug-likeness (QED) is 0.825. The highest BCUT2D eigenvalue weighted by molar-refractivity contribution is 6.33. The second kappa shape index (κ2) is 7.33. The number of para-hydroxylation sites is 1. The van der Waals surface area contributed by atoms with Crippen LogP contribution in [0.3, 0.4) is 0 Å². The molecule has 0 saturated carbocycles. The first kappa shape index (κ1) is 17.6. The smallest absolute Gasteiger partial charge is 0.317 e. The first-order chi connectivity index (χ1) is 12.0. The summed E-state index contributed by atoms with van der Waals surface area (Å²) in [5.74, 6) is -0.216. The first-order valence-electron chi connectivity index (χ1n) is 7.86. The Morgan fingerprint density at radius 3 is 2.48 bits per heavy atom. The van der Waals surface area contributed by atoms with Crippen LogP contribution in [0.25, 0.3) is 0 Å². The molecular weight excluding hydrogens is 361 g/mol. The molecule has 1 heterocycles. The minimum Gasteiger partial charge on any atom is -0.317 e. The summed E-state index contributed by atoms with van der Waals surface area (Å²) in [5.41, 5.74) is 1.21. The van der Waals surface area contributed by atoms with Crippen molar-refractivity contribution in [2.75, 3.05) is 10.2 Å². The second-order valence-electron chi connectivity index (χ2n) is 5.92. The van der Waals surface area contributed by atoms with Crippen LogP contribution in [-0.2, 0) is 4.79 Å². The number of benzene rings is 2. The summed E-state index contributed by atoms with van der Waals surface area (Å²) in [6, 6.07) is 13.5. The standard InChI is InChI=1S/C18H17Cl2N3O2/c1-11-10-16(22-18(25)21-15-5-3-2-4-14(15)20)23(17(11)24)13-8-6-12(19)7-9-13/h2-9,11,16H,10H2,1H3,(H2,21,22,25). The van der Waals surface area contributed by atoms with Crippen molar-refractivity contribution < 1.29 is 9.59 Å². The van der Waals surface area contributed by atoms with Crippen molar-refractivity contribution in [2.24, 2.45) is 5.92 Å². The maximum absolute atomic E-state index is 12.5. The first-order valence-corrected chi connectivity index (χ1v) is 8.62. The van der Waals surface area contributed by atoms with Crippen molar-refractivity contribution in [3.05, 3.63) is 58.6 Å². The molecule has 25 heavy (non-hydrogen) atoms. The summed E-state index contributed by atoms with van der Waals surface area (Å²) in [6.45, 7) is 1.85. The molecule has 1 fully saturated rings. The summed E-state index contributed by atoms with van der Waals surface area (Å²) in [7, 11) is 0. The topological polar surface area (TPSA) is 61.4 Å². The van der Waals surface area contributed by atoms with Gasteiger partial charge < -0.3 is 10.6 Å². The van der Waals surface area contributed by atoms with E-state index >= 15 is 0 Å². The predicted octanol–water partition coefficient (Wildman–Crippen LogP) is 4.51. The third-order valence-corrected chi connectivity index (χ3v) is 4.65. The number of anilines is 2. The Balaban J connectivity index is 1.75. The van der Waals surface area contributed by atoms with Crippen molar-refractivity contribution in [3.8, 4) is 0 Å². The Morgan fingerprint density at radius 2 is 1.80 bits per heavy atom. The van der Waals surface area contributed by atoms with Crippen LogP contribution in [0.4, 0.5) is 16.2 Å². The number of halogens is 2. The molecule has 2 unspecified atom stereocenters. The van der Waals surface area contributed by atoms with E-state index in [1.807, 2.05) is 6.92 Å². The van der Waals surface area contributed by atoms with Crippen LogP contribution in [0, 0.1) is 5.92 Å². The van der Waals surface area contributed by atoms with Gasteiger partial charge in [0.2, 0.25) is 5.91 Å². The van der Waals surface area contributed by atoms with Gasteiger partial charge in [0.1, 0.15) is 6.17 Å². The molecule has 2 aromatic rings. The third kappa shape index (κ3) is 3.89. The molecule has 7 heteroatoms. The molecule has 3 amide bonds. The fraction of sp³-hybridized carbons (Fsp3) is 0.222. The maximum atomic E-state index is 12.5. The van der Waals surface area contributed by atoms with Crippen LogP contribution < -0.4 is 15.5 Å². The van der Waals surface area contributed by atoms with Crippen molar-refractivity contribution in [3.63, 3.8) is 0 Å². The minimum absolute atomic E-state index is 0.0367. The van der Waals surface area contributed by atoms with Crippen LogP contribution >= 0.6 is 23.2 Å². The van der Waals surface area contributed by atoms with Crippen molar-refractivity contribution in [1.29, 1.82) is 0 Å². The number of urea groups is 1. The summed E-state index contributed by atoms with van der Waals surface area (Å²) in [6.07, 6.45) is 0.0865. The molecule has 0 spiro atoms. The van der Waals surface area contributed by atoms with Crippen LogP contribution in [0.15, 0.2) is 48.5 Å². The molecule has 0 radical (unpaired) electrons. The number of nitrogens with one attached hydrogen (secondary N) is 2. The van der Waals surface area contributed by atoms with E-state index in [4.69, 9.17) is 23.2 Å². The van der Waals surface area contributed by atoms with Gasteiger partial charge in [-0.25, -0.2) is 4.79 Å². The molecule has 1 aliphatic heterocycles. The number of amides is 3. The van der Waals surface area contributed by atoms with Gasteiger partial charge in [-0.05, 0) is 42.8 Å². The summed E-state index contributed by atoms with van der Waals surface area (Å²) in [4.78, 5) is 26.4. The summed E-state index contributed by atoms with van der Waals surface area (Å²) in [5, 5.41) is 6.58. The molecule has 0 bridgehead atoms. The predicted molar refractivity (Wildman–Crippen MR) is 100 cm³/mol. The highest BCUT2D eigenvalue weighted by atomic mass is 35.5. The number of hydrogen-bond acceptors (Lipinski definition) is 2. The van der Waals surface area contributed by atoms with Crippen LogP contribution in [-0.4, -0.2) is 18.1 Å². The van der Waals surface area contributed by atoms with E-state index in [0.29, 0.717) is 27.8 Å². The van der Waals surface area contributed by atoms with Gasteiger partial charge >= 0.3 is 6.03 Å². The van der Waals surface area contributed by atoms with Crippen LogP contribution in [0.2, 0.25) is 10.0 Å². The van der Waals surface area contributed by atoms with Crippen molar-refractivity contribution in [2.45, 2.75) is 19.5 Å². The molecule has 1 aliphatic rings. The molecule has 0 aliphatic carbocycles. The number of carbonyl (C=O) groups excluding carboxylic acids is 2. The monoisotopic (exact) mass is 377 g/mol. The van der Waals surface area contributed by atoms with Gasteiger partial charge in [0.25, 0.3) is 0 Å². The molecule has 2 atom stereocenters. The fourth-order valence-electron chi connectivity index (χ4n) is 2.84. The van der Waals surface area contributed by atoms with Gasteiger partial charge in [0, 0.05) is 16.6 Å². The minimum atomic E-state index is -0.439. The average Bonchev–Trinajstić information content (AvgIpc) is 2.85. The van der Waals surface area contributed by atoms with Crippen molar-refractivity contribution in [1.82, 2.24) is 5.32 Å². The highest BCUT2D eigenvalue weighted by Gasteiger charge is 2.38. The maximum Gasteiger partial charge on any atom is 0.320 e. The Hall–Kier alpha value is -2.24. The normalized spacial score (nSPS) is 19.8. The molecule has 130 valence electrons. The molecule has 5 nitrogen and oxygen atoms in total. The van der Waals surface area contributed by atoms with E-state index in [2.05, 4.69) is 10.6 Å². The molecule has 2 aromatic carbocycles. The van der Waals surface area contributed by atoms with E-state index in [1.165, 1.54) is 0 Å². The lowest BCUT2D eigenvalue weighted by atomic mass is 10.1. The van der Waals surface area contributed by atoms with E-state index in [9.17, 15) is 9.59 Å².